The van der Waals surface area contributed by atoms with Crippen LogP contribution in [0.4, 0.5) is 10.8 Å². The van der Waals surface area contributed by atoms with E-state index in [9.17, 15) is 10.1 Å². The summed E-state index contributed by atoms with van der Waals surface area (Å²) in [5, 5.41) is 20.3. The average Bonchev–Trinajstić information content (AvgIpc) is 3.11. The molecule has 0 atom stereocenters. The van der Waals surface area contributed by atoms with Crippen molar-refractivity contribution in [3.05, 3.63) is 51.4 Å². The van der Waals surface area contributed by atoms with Crippen molar-refractivity contribution in [3.63, 3.8) is 0 Å². The zero-order valence-electron chi connectivity index (χ0n) is 14.2. The predicted octanol–water partition coefficient (Wildman–Crippen LogP) is 4.90. The second kappa shape index (κ2) is 8.86. The van der Waals surface area contributed by atoms with E-state index >= 15 is 0 Å². The molecule has 0 spiro atoms. The number of nitro groups is 1. The smallest absolute Gasteiger partial charge is 0.270 e. The van der Waals surface area contributed by atoms with Crippen molar-refractivity contribution in [2.24, 2.45) is 0 Å². The van der Waals surface area contributed by atoms with Crippen LogP contribution in [0.1, 0.15) is 32.1 Å². The van der Waals surface area contributed by atoms with Gasteiger partial charge in [-0.3, -0.25) is 10.1 Å². The third kappa shape index (κ3) is 5.09. The van der Waals surface area contributed by atoms with E-state index in [2.05, 4.69) is 21.7 Å². The van der Waals surface area contributed by atoms with Gasteiger partial charge in [0.15, 0.2) is 10.2 Å². The highest BCUT2D eigenvalue weighted by atomic mass is 32.1. The van der Waals surface area contributed by atoms with Crippen LogP contribution in [0.25, 0.3) is 11.3 Å². The minimum absolute atomic E-state index is 0.0548. The number of nitrogens with zero attached hydrogens (tertiary/aromatic N) is 2. The van der Waals surface area contributed by atoms with E-state index in [4.69, 9.17) is 12.2 Å². The van der Waals surface area contributed by atoms with Crippen LogP contribution < -0.4 is 10.6 Å². The molecule has 0 radical (unpaired) electrons. The van der Waals surface area contributed by atoms with E-state index in [0.717, 1.165) is 13.0 Å². The van der Waals surface area contributed by atoms with Crippen LogP contribution in [0, 0.1) is 10.1 Å². The number of non-ortho nitro benzene ring substituents is 1. The van der Waals surface area contributed by atoms with E-state index < -0.39 is 4.92 Å². The van der Waals surface area contributed by atoms with Gasteiger partial charge in [-0.15, -0.1) is 11.3 Å². The number of benzene rings is 1. The molecule has 26 heavy (non-hydrogen) atoms. The Hall–Kier alpha value is -2.32. The highest BCUT2D eigenvalue weighted by Gasteiger charge is 2.11. The Balaban J connectivity index is 1.53. The van der Waals surface area contributed by atoms with Gasteiger partial charge in [0, 0.05) is 29.6 Å². The Morgan fingerprint density at radius 3 is 3.04 bits per heavy atom. The number of allylic oxidation sites excluding steroid dienone is 1. The Morgan fingerprint density at radius 1 is 1.38 bits per heavy atom. The molecule has 0 saturated carbocycles. The molecule has 1 aliphatic carbocycles. The maximum Gasteiger partial charge on any atom is 0.270 e. The molecule has 1 aromatic carbocycles. The number of rotatable bonds is 6. The van der Waals surface area contributed by atoms with Gasteiger partial charge in [0.25, 0.3) is 5.69 Å². The number of thiazole rings is 1. The van der Waals surface area contributed by atoms with E-state index in [1.165, 1.54) is 54.7 Å². The van der Waals surface area contributed by atoms with Crippen molar-refractivity contribution in [1.29, 1.82) is 0 Å². The van der Waals surface area contributed by atoms with Crippen molar-refractivity contribution in [2.75, 3.05) is 11.9 Å². The van der Waals surface area contributed by atoms with Crippen LogP contribution in [0.15, 0.2) is 41.3 Å². The Kier molecular flexibility index (Phi) is 6.30. The summed E-state index contributed by atoms with van der Waals surface area (Å²) in [6, 6.07) is 6.45. The first kappa shape index (κ1) is 18.5. The standard InChI is InChI=1S/C18H20N4O2S2/c23-22(24)15-8-4-7-14(11-15)16-12-26-18(20-16)21-17(25)19-10-9-13-5-2-1-3-6-13/h4-5,7-8,11-12H,1-3,6,9-10H2,(H2,19,20,21,25). The predicted molar refractivity (Wildman–Crippen MR) is 110 cm³/mol. The zero-order valence-corrected chi connectivity index (χ0v) is 15.9. The van der Waals surface area contributed by atoms with Gasteiger partial charge in [-0.05, 0) is 44.3 Å². The molecule has 3 rings (SSSR count). The largest absolute Gasteiger partial charge is 0.362 e. The van der Waals surface area contributed by atoms with Crippen molar-refractivity contribution in [2.45, 2.75) is 32.1 Å². The summed E-state index contributed by atoms with van der Waals surface area (Å²) in [5.41, 5.74) is 2.97. The van der Waals surface area contributed by atoms with Crippen LogP contribution in [0.3, 0.4) is 0 Å². The molecular weight excluding hydrogens is 368 g/mol. The second-order valence-electron chi connectivity index (χ2n) is 6.08. The quantitative estimate of drug-likeness (QED) is 0.317. The first-order valence-electron chi connectivity index (χ1n) is 8.55. The number of aromatic nitrogens is 1. The summed E-state index contributed by atoms with van der Waals surface area (Å²) >= 11 is 6.74. The normalized spacial score (nSPS) is 13.8. The van der Waals surface area contributed by atoms with Crippen LogP contribution >= 0.6 is 23.6 Å². The first-order chi connectivity index (χ1) is 12.6. The van der Waals surface area contributed by atoms with Crippen LogP contribution in [-0.4, -0.2) is 21.6 Å². The van der Waals surface area contributed by atoms with Crippen molar-refractivity contribution in [3.8, 4) is 11.3 Å². The molecule has 0 bridgehead atoms. The van der Waals surface area contributed by atoms with Gasteiger partial charge in [-0.25, -0.2) is 4.98 Å². The average molecular weight is 389 g/mol. The Labute approximate surface area is 161 Å². The Morgan fingerprint density at radius 2 is 2.27 bits per heavy atom. The van der Waals surface area contributed by atoms with Crippen LogP contribution in [0.5, 0.6) is 0 Å². The summed E-state index contributed by atoms with van der Waals surface area (Å²) in [6.45, 7) is 0.806. The molecule has 0 amide bonds. The fourth-order valence-electron chi connectivity index (χ4n) is 2.85. The second-order valence-corrected chi connectivity index (χ2v) is 7.35. The lowest BCUT2D eigenvalue weighted by atomic mass is 9.97. The van der Waals surface area contributed by atoms with Gasteiger partial charge in [-0.1, -0.05) is 23.8 Å². The highest BCUT2D eigenvalue weighted by molar-refractivity contribution is 7.80. The van der Waals surface area contributed by atoms with Gasteiger partial charge in [0.1, 0.15) is 0 Å². The lowest BCUT2D eigenvalue weighted by molar-refractivity contribution is -0.384. The summed E-state index contributed by atoms with van der Waals surface area (Å²) in [4.78, 5) is 15.0. The SMILES string of the molecule is O=[N+]([O-])c1cccc(-c2csc(NC(=S)NCCC3=CCCCC3)n2)c1. The highest BCUT2D eigenvalue weighted by Crippen LogP contribution is 2.27. The lowest BCUT2D eigenvalue weighted by Crippen LogP contribution is -2.29. The van der Waals surface area contributed by atoms with Gasteiger partial charge < -0.3 is 10.6 Å². The van der Waals surface area contributed by atoms with Gasteiger partial charge in [-0.2, -0.15) is 0 Å². The molecular formula is C18H20N4O2S2. The van der Waals surface area contributed by atoms with Crippen LogP contribution in [0.2, 0.25) is 0 Å². The van der Waals surface area contributed by atoms with E-state index in [0.29, 0.717) is 21.5 Å². The molecule has 1 aliphatic rings. The summed E-state index contributed by atoms with van der Waals surface area (Å²) in [5.74, 6) is 0. The molecule has 1 heterocycles. The number of thiocarbonyl (C=S) groups is 1. The van der Waals surface area contributed by atoms with E-state index in [1.54, 1.807) is 12.1 Å². The summed E-state index contributed by atoms with van der Waals surface area (Å²) in [6.07, 6.45) is 8.33. The molecule has 8 heteroatoms. The van der Waals surface area contributed by atoms with Crippen molar-refractivity contribution < 1.29 is 4.92 Å². The molecule has 2 N–H and O–H groups in total. The molecule has 2 aromatic rings. The van der Waals surface area contributed by atoms with Gasteiger partial charge >= 0.3 is 0 Å². The summed E-state index contributed by atoms with van der Waals surface area (Å²) in [7, 11) is 0. The fraction of sp³-hybridized carbons (Fsp3) is 0.333. The fourth-order valence-corrected chi connectivity index (χ4v) is 3.84. The number of nitrogens with one attached hydrogen (secondary N) is 2. The summed E-state index contributed by atoms with van der Waals surface area (Å²) < 4.78 is 0. The number of hydrogen-bond acceptors (Lipinski definition) is 5. The maximum atomic E-state index is 10.9. The van der Waals surface area contributed by atoms with Gasteiger partial charge in [0.2, 0.25) is 0 Å². The topological polar surface area (TPSA) is 80.1 Å². The first-order valence-corrected chi connectivity index (χ1v) is 9.84. The number of hydrogen-bond donors (Lipinski definition) is 2. The minimum Gasteiger partial charge on any atom is -0.362 e. The molecule has 0 saturated heterocycles. The molecule has 0 unspecified atom stereocenters. The Bertz CT molecular complexity index is 832. The number of anilines is 1. The monoisotopic (exact) mass is 388 g/mol. The molecule has 136 valence electrons. The minimum atomic E-state index is -0.407. The van der Waals surface area contributed by atoms with Crippen molar-refractivity contribution in [1.82, 2.24) is 10.3 Å². The third-order valence-corrected chi connectivity index (χ3v) is 5.20. The van der Waals surface area contributed by atoms with Crippen LogP contribution in [-0.2, 0) is 0 Å². The number of nitro benzene ring substituents is 1. The zero-order chi connectivity index (χ0) is 18.4. The van der Waals surface area contributed by atoms with E-state index in [-0.39, 0.29) is 5.69 Å². The lowest BCUT2D eigenvalue weighted by Gasteiger charge is -2.13. The molecule has 0 fully saturated rings. The molecule has 6 nitrogen and oxygen atoms in total. The van der Waals surface area contributed by atoms with E-state index in [1.807, 2.05) is 5.38 Å². The maximum absolute atomic E-state index is 10.9. The van der Waals surface area contributed by atoms with Crippen molar-refractivity contribution >= 4 is 39.5 Å². The third-order valence-electron chi connectivity index (χ3n) is 4.19. The molecule has 1 aromatic heterocycles. The molecule has 0 aliphatic heterocycles. The van der Waals surface area contributed by atoms with Gasteiger partial charge in [0.05, 0.1) is 10.6 Å².